The van der Waals surface area contributed by atoms with E-state index in [2.05, 4.69) is 4.98 Å². The maximum absolute atomic E-state index is 12.7. The highest BCUT2D eigenvalue weighted by Crippen LogP contribution is 2.29. The molecule has 1 atom stereocenters. The third-order valence-corrected chi connectivity index (χ3v) is 3.24. The summed E-state index contributed by atoms with van der Waals surface area (Å²) in [5, 5.41) is 0. The summed E-state index contributed by atoms with van der Waals surface area (Å²) in [4.78, 5) is 4.28. The highest BCUT2D eigenvalue weighted by atomic mass is 19.4. The third-order valence-electron chi connectivity index (χ3n) is 3.24. The van der Waals surface area contributed by atoms with Crippen molar-refractivity contribution in [2.45, 2.75) is 38.5 Å². The monoisotopic (exact) mass is 271 g/mol. The molecule has 19 heavy (non-hydrogen) atoms. The summed E-state index contributed by atoms with van der Waals surface area (Å²) in [6.07, 6.45) is -3.80. The van der Waals surface area contributed by atoms with Gasteiger partial charge in [-0.2, -0.15) is 13.2 Å². The van der Waals surface area contributed by atoms with Crippen LogP contribution < -0.4 is 5.73 Å². The van der Waals surface area contributed by atoms with Crippen molar-refractivity contribution in [2.24, 2.45) is 5.73 Å². The van der Waals surface area contributed by atoms with Crippen LogP contribution in [0.15, 0.2) is 24.3 Å². The fourth-order valence-electron chi connectivity index (χ4n) is 2.01. The van der Waals surface area contributed by atoms with Crippen LogP contribution in [0.1, 0.15) is 26.1 Å². The largest absolute Gasteiger partial charge is 0.406 e. The summed E-state index contributed by atoms with van der Waals surface area (Å²) >= 11 is 0. The van der Waals surface area contributed by atoms with Gasteiger partial charge in [0.05, 0.1) is 16.6 Å². The number of nitrogens with zero attached hydrogens (tertiary/aromatic N) is 2. The Morgan fingerprint density at radius 1 is 1.26 bits per heavy atom. The SMILES string of the molecule is CCC(C)(N)c1nc2ccccc2n1CC(F)(F)F. The van der Waals surface area contributed by atoms with E-state index >= 15 is 0 Å². The topological polar surface area (TPSA) is 43.8 Å². The van der Waals surface area contributed by atoms with Gasteiger partial charge in [0.25, 0.3) is 0 Å². The summed E-state index contributed by atoms with van der Waals surface area (Å²) < 4.78 is 39.4. The van der Waals surface area contributed by atoms with Crippen molar-refractivity contribution < 1.29 is 13.2 Å². The number of benzene rings is 1. The molecule has 6 heteroatoms. The maximum Gasteiger partial charge on any atom is 0.406 e. The Morgan fingerprint density at radius 3 is 2.47 bits per heavy atom. The molecule has 0 spiro atoms. The van der Waals surface area contributed by atoms with Crippen molar-refractivity contribution in [3.63, 3.8) is 0 Å². The van der Waals surface area contributed by atoms with Crippen LogP contribution >= 0.6 is 0 Å². The lowest BCUT2D eigenvalue weighted by Gasteiger charge is -2.24. The molecule has 2 aromatic rings. The Bertz CT molecular complexity index is 584. The van der Waals surface area contributed by atoms with Gasteiger partial charge < -0.3 is 10.3 Å². The van der Waals surface area contributed by atoms with Crippen LogP contribution in [0, 0.1) is 0 Å². The van der Waals surface area contributed by atoms with Crippen LogP contribution in [0.25, 0.3) is 11.0 Å². The predicted octanol–water partition coefficient (Wildman–Crippen LogP) is 3.18. The first-order valence-corrected chi connectivity index (χ1v) is 6.06. The van der Waals surface area contributed by atoms with Gasteiger partial charge in [-0.1, -0.05) is 19.1 Å². The number of rotatable bonds is 3. The summed E-state index contributed by atoms with van der Waals surface area (Å²) in [6.45, 7) is 2.45. The van der Waals surface area contributed by atoms with Gasteiger partial charge in [0.2, 0.25) is 0 Å². The number of hydrogen-bond acceptors (Lipinski definition) is 2. The molecule has 0 aliphatic heterocycles. The van der Waals surface area contributed by atoms with E-state index in [4.69, 9.17) is 5.73 Å². The number of hydrogen-bond donors (Lipinski definition) is 1. The van der Waals surface area contributed by atoms with Gasteiger partial charge in [0.1, 0.15) is 12.4 Å². The molecule has 0 amide bonds. The zero-order valence-electron chi connectivity index (χ0n) is 10.8. The molecule has 1 aromatic heterocycles. The zero-order chi connectivity index (χ0) is 14.3. The van der Waals surface area contributed by atoms with Crippen LogP contribution in [-0.2, 0) is 12.1 Å². The molecular weight excluding hydrogens is 255 g/mol. The van der Waals surface area contributed by atoms with Crippen molar-refractivity contribution >= 4 is 11.0 Å². The van der Waals surface area contributed by atoms with Crippen molar-refractivity contribution in [1.82, 2.24) is 9.55 Å². The van der Waals surface area contributed by atoms with Gasteiger partial charge in [-0.25, -0.2) is 4.98 Å². The lowest BCUT2D eigenvalue weighted by atomic mass is 9.99. The maximum atomic E-state index is 12.7. The van der Waals surface area contributed by atoms with Gasteiger partial charge in [-0.05, 0) is 25.5 Å². The molecule has 0 saturated carbocycles. The Hall–Kier alpha value is -1.56. The molecule has 0 fully saturated rings. The van der Waals surface area contributed by atoms with E-state index in [0.29, 0.717) is 17.5 Å². The number of alkyl halides is 3. The molecule has 0 aliphatic carbocycles. The van der Waals surface area contributed by atoms with Crippen molar-refractivity contribution in [3.8, 4) is 0 Å². The first-order valence-electron chi connectivity index (χ1n) is 6.06. The van der Waals surface area contributed by atoms with Crippen molar-refractivity contribution in [3.05, 3.63) is 30.1 Å². The Morgan fingerprint density at radius 2 is 1.89 bits per heavy atom. The van der Waals surface area contributed by atoms with Crippen LogP contribution in [-0.4, -0.2) is 15.7 Å². The van der Waals surface area contributed by atoms with Crippen LogP contribution in [0.4, 0.5) is 13.2 Å². The van der Waals surface area contributed by atoms with E-state index in [1.807, 2.05) is 6.92 Å². The summed E-state index contributed by atoms with van der Waals surface area (Å²) in [5.41, 5.74) is 6.18. The average molecular weight is 271 g/mol. The summed E-state index contributed by atoms with van der Waals surface area (Å²) in [6, 6.07) is 6.76. The number of imidazole rings is 1. The number of halogens is 3. The normalized spacial score (nSPS) is 15.7. The van der Waals surface area contributed by atoms with Crippen molar-refractivity contribution in [2.75, 3.05) is 0 Å². The first-order chi connectivity index (χ1) is 8.74. The number of nitrogens with two attached hydrogens (primary N) is 1. The average Bonchev–Trinajstić information content (AvgIpc) is 2.67. The Balaban J connectivity index is 2.65. The molecular formula is C13H16F3N3. The summed E-state index contributed by atoms with van der Waals surface area (Å²) in [7, 11) is 0. The minimum absolute atomic E-state index is 0.272. The Labute approximate surface area is 109 Å². The van der Waals surface area contributed by atoms with Crippen LogP contribution in [0.2, 0.25) is 0 Å². The lowest BCUT2D eigenvalue weighted by Crippen LogP contribution is -2.36. The lowest BCUT2D eigenvalue weighted by molar-refractivity contribution is -0.140. The fourth-order valence-corrected chi connectivity index (χ4v) is 2.01. The van der Waals surface area contributed by atoms with Crippen molar-refractivity contribution in [1.29, 1.82) is 0 Å². The van der Waals surface area contributed by atoms with Gasteiger partial charge in [0, 0.05) is 0 Å². The number of para-hydroxylation sites is 2. The third kappa shape index (κ3) is 2.73. The molecule has 0 aliphatic rings. The molecule has 3 nitrogen and oxygen atoms in total. The molecule has 2 N–H and O–H groups in total. The second-order valence-electron chi connectivity index (χ2n) is 4.90. The van der Waals surface area contributed by atoms with Gasteiger partial charge >= 0.3 is 6.18 Å². The molecule has 1 heterocycles. The van der Waals surface area contributed by atoms with E-state index in [0.717, 1.165) is 0 Å². The molecule has 104 valence electrons. The molecule has 1 aromatic carbocycles. The minimum Gasteiger partial charge on any atom is -0.319 e. The second-order valence-corrected chi connectivity index (χ2v) is 4.90. The van der Waals surface area contributed by atoms with E-state index in [1.165, 1.54) is 4.57 Å². The quantitative estimate of drug-likeness (QED) is 0.931. The Kier molecular flexibility index (Phi) is 3.30. The minimum atomic E-state index is -4.30. The number of aromatic nitrogens is 2. The van der Waals surface area contributed by atoms with Gasteiger partial charge in [-0.15, -0.1) is 0 Å². The molecule has 0 saturated heterocycles. The molecule has 0 bridgehead atoms. The fraction of sp³-hybridized carbons (Fsp3) is 0.462. The highest BCUT2D eigenvalue weighted by Gasteiger charge is 2.34. The van der Waals surface area contributed by atoms with Crippen LogP contribution in [0.3, 0.4) is 0 Å². The highest BCUT2D eigenvalue weighted by molar-refractivity contribution is 5.76. The van der Waals surface area contributed by atoms with Gasteiger partial charge in [0.15, 0.2) is 0 Å². The number of fused-ring (bicyclic) bond motifs is 1. The van der Waals surface area contributed by atoms with E-state index < -0.39 is 18.3 Å². The predicted molar refractivity (Wildman–Crippen MR) is 67.6 cm³/mol. The van der Waals surface area contributed by atoms with E-state index in [-0.39, 0.29) is 5.82 Å². The standard InChI is InChI=1S/C13H16F3N3/c1-3-12(2,17)11-18-9-6-4-5-7-10(9)19(11)8-13(14,15)16/h4-7H,3,8,17H2,1-2H3. The molecule has 2 rings (SSSR count). The van der Waals surface area contributed by atoms with E-state index in [1.54, 1.807) is 31.2 Å². The first kappa shape index (κ1) is 13.9. The second kappa shape index (κ2) is 4.52. The van der Waals surface area contributed by atoms with E-state index in [9.17, 15) is 13.2 Å². The zero-order valence-corrected chi connectivity index (χ0v) is 10.8. The van der Waals surface area contributed by atoms with Gasteiger partial charge in [-0.3, -0.25) is 0 Å². The smallest absolute Gasteiger partial charge is 0.319 e. The van der Waals surface area contributed by atoms with Crippen LogP contribution in [0.5, 0.6) is 0 Å². The summed E-state index contributed by atoms with van der Waals surface area (Å²) in [5.74, 6) is 0.272. The molecule has 0 radical (unpaired) electrons. The molecule has 1 unspecified atom stereocenters.